The molecule has 1 aliphatic heterocycles. The molecule has 102 valence electrons. The van der Waals surface area contributed by atoms with Gasteiger partial charge in [0.1, 0.15) is 4.87 Å². The van der Waals surface area contributed by atoms with Crippen LogP contribution in [0.3, 0.4) is 0 Å². The molecule has 3 nitrogen and oxygen atoms in total. The van der Waals surface area contributed by atoms with E-state index >= 15 is 0 Å². The van der Waals surface area contributed by atoms with Gasteiger partial charge in [-0.15, -0.1) is 11.8 Å². The first-order valence-electron chi connectivity index (χ1n) is 7.05. The number of nitrogens with one attached hydrogen (secondary N) is 1. The second-order valence-corrected chi connectivity index (χ2v) is 7.12. The van der Waals surface area contributed by atoms with Gasteiger partial charge in [0.15, 0.2) is 0 Å². The molecule has 0 radical (unpaired) electrons. The number of amides is 1. The van der Waals surface area contributed by atoms with Gasteiger partial charge in [0.05, 0.1) is 10.9 Å². The van der Waals surface area contributed by atoms with E-state index in [0.717, 1.165) is 18.5 Å². The third kappa shape index (κ3) is 2.34. The Bertz CT molecular complexity index is 456. The fourth-order valence-corrected chi connectivity index (χ4v) is 4.69. The van der Waals surface area contributed by atoms with Crippen molar-refractivity contribution in [3.05, 3.63) is 30.3 Å². The summed E-state index contributed by atoms with van der Waals surface area (Å²) >= 11 is 1.84. The highest BCUT2D eigenvalue weighted by Gasteiger charge is 2.50. The normalized spacial score (nSPS) is 25.8. The molecule has 1 spiro atoms. The Hall–Kier alpha value is -1.16. The van der Waals surface area contributed by atoms with Crippen molar-refractivity contribution in [1.82, 2.24) is 5.01 Å². The zero-order valence-electron chi connectivity index (χ0n) is 11.3. The molecule has 1 saturated carbocycles. The molecule has 4 heteroatoms. The van der Waals surface area contributed by atoms with Crippen LogP contribution in [-0.2, 0) is 4.79 Å². The van der Waals surface area contributed by atoms with Gasteiger partial charge in [-0.05, 0) is 31.9 Å². The molecule has 2 aliphatic rings. The van der Waals surface area contributed by atoms with Crippen molar-refractivity contribution < 1.29 is 4.79 Å². The number of thioether (sulfide) groups is 1. The second-order valence-electron chi connectivity index (χ2n) is 5.42. The fourth-order valence-electron chi connectivity index (χ4n) is 3.06. The van der Waals surface area contributed by atoms with Crippen LogP contribution in [0.4, 0.5) is 5.69 Å². The van der Waals surface area contributed by atoms with Gasteiger partial charge in [0.2, 0.25) is 0 Å². The van der Waals surface area contributed by atoms with E-state index in [4.69, 9.17) is 0 Å². The first-order chi connectivity index (χ1) is 9.21. The van der Waals surface area contributed by atoms with E-state index in [-0.39, 0.29) is 16.0 Å². The van der Waals surface area contributed by atoms with Crippen molar-refractivity contribution in [1.29, 1.82) is 0 Å². The molecule has 1 unspecified atom stereocenters. The standard InChI is InChI=1S/C15H20N2OS/c1-12-14(18)17(16-13-8-4-2-5-9-13)15(19-12)10-6-3-7-11-15/h2,4-5,8-9,12,16H,3,6-7,10-11H2,1H3. The second kappa shape index (κ2) is 5.08. The number of hydrogen-bond acceptors (Lipinski definition) is 3. The Balaban J connectivity index is 1.85. The summed E-state index contributed by atoms with van der Waals surface area (Å²) in [4.78, 5) is 12.4. The van der Waals surface area contributed by atoms with Crippen molar-refractivity contribution in [2.45, 2.75) is 49.1 Å². The molecule has 0 bridgehead atoms. The first kappa shape index (κ1) is 12.9. The third-order valence-electron chi connectivity index (χ3n) is 4.02. The first-order valence-corrected chi connectivity index (χ1v) is 7.93. The Kier molecular flexibility index (Phi) is 3.44. The maximum absolute atomic E-state index is 12.4. The fraction of sp³-hybridized carbons (Fsp3) is 0.533. The van der Waals surface area contributed by atoms with Crippen LogP contribution in [0.25, 0.3) is 0 Å². The van der Waals surface area contributed by atoms with Crippen LogP contribution < -0.4 is 5.43 Å². The summed E-state index contributed by atoms with van der Waals surface area (Å²) in [5, 5.41) is 1.98. The van der Waals surface area contributed by atoms with E-state index < -0.39 is 0 Å². The zero-order valence-corrected chi connectivity index (χ0v) is 12.1. The molecule has 1 heterocycles. The molecule has 19 heavy (non-hydrogen) atoms. The lowest BCUT2D eigenvalue weighted by atomic mass is 9.94. The average molecular weight is 276 g/mol. The molecule has 1 aliphatic carbocycles. The summed E-state index contributed by atoms with van der Waals surface area (Å²) < 4.78 is 0. The summed E-state index contributed by atoms with van der Waals surface area (Å²) in [5.74, 6) is 0.218. The maximum Gasteiger partial charge on any atom is 0.255 e. The molecular weight excluding hydrogens is 256 g/mol. The van der Waals surface area contributed by atoms with Crippen LogP contribution >= 0.6 is 11.8 Å². The molecule has 1 atom stereocenters. The Morgan fingerprint density at radius 1 is 1.21 bits per heavy atom. The number of para-hydroxylation sites is 1. The number of rotatable bonds is 2. The lowest BCUT2D eigenvalue weighted by Crippen LogP contribution is -2.49. The highest BCUT2D eigenvalue weighted by Crippen LogP contribution is 2.49. The SMILES string of the molecule is CC1SC2(CCCCC2)N(Nc2ccccc2)C1=O. The highest BCUT2D eigenvalue weighted by atomic mass is 32.2. The van der Waals surface area contributed by atoms with Crippen molar-refractivity contribution in [3.8, 4) is 0 Å². The van der Waals surface area contributed by atoms with Crippen LogP contribution in [0.2, 0.25) is 0 Å². The van der Waals surface area contributed by atoms with Crippen LogP contribution in [-0.4, -0.2) is 21.0 Å². The van der Waals surface area contributed by atoms with Crippen LogP contribution in [0.5, 0.6) is 0 Å². The van der Waals surface area contributed by atoms with E-state index in [1.54, 1.807) is 0 Å². The molecular formula is C15H20N2OS. The zero-order chi connectivity index (χ0) is 13.3. The third-order valence-corrected chi connectivity index (χ3v) is 5.61. The van der Waals surface area contributed by atoms with Crippen LogP contribution in [0, 0.1) is 0 Å². The summed E-state index contributed by atoms with van der Waals surface area (Å²) in [5.41, 5.74) is 4.34. The van der Waals surface area contributed by atoms with Gasteiger partial charge in [-0.1, -0.05) is 37.5 Å². The number of carbonyl (C=O) groups is 1. The van der Waals surface area contributed by atoms with Crippen molar-refractivity contribution in [2.75, 3.05) is 5.43 Å². The average Bonchev–Trinajstić information content (AvgIpc) is 2.66. The Labute approximate surface area is 118 Å². The Morgan fingerprint density at radius 2 is 1.89 bits per heavy atom. The molecule has 1 N–H and O–H groups in total. The van der Waals surface area contributed by atoms with Gasteiger partial charge in [-0.2, -0.15) is 0 Å². The summed E-state index contributed by atoms with van der Waals surface area (Å²) in [6.07, 6.45) is 5.95. The monoisotopic (exact) mass is 276 g/mol. The predicted molar refractivity (Wildman–Crippen MR) is 79.8 cm³/mol. The smallest absolute Gasteiger partial charge is 0.255 e. The van der Waals surface area contributed by atoms with Crippen molar-refractivity contribution in [2.24, 2.45) is 0 Å². The number of benzene rings is 1. The van der Waals surface area contributed by atoms with Crippen LogP contribution in [0.1, 0.15) is 39.0 Å². The van der Waals surface area contributed by atoms with Gasteiger partial charge in [0, 0.05) is 0 Å². The van der Waals surface area contributed by atoms with Crippen LogP contribution in [0.15, 0.2) is 30.3 Å². The molecule has 3 rings (SSSR count). The highest BCUT2D eigenvalue weighted by molar-refractivity contribution is 8.02. The molecule has 2 fully saturated rings. The van der Waals surface area contributed by atoms with E-state index in [1.807, 2.05) is 54.0 Å². The number of anilines is 1. The Morgan fingerprint density at radius 3 is 2.58 bits per heavy atom. The number of nitrogens with zero attached hydrogens (tertiary/aromatic N) is 1. The lowest BCUT2D eigenvalue weighted by molar-refractivity contribution is -0.130. The minimum atomic E-state index is -0.0232. The predicted octanol–water partition coefficient (Wildman–Crippen LogP) is 3.64. The van der Waals surface area contributed by atoms with Gasteiger partial charge in [-0.3, -0.25) is 10.2 Å². The molecule has 1 aromatic rings. The molecule has 0 aromatic heterocycles. The number of carbonyl (C=O) groups excluding carboxylic acids is 1. The van der Waals surface area contributed by atoms with Gasteiger partial charge in [0.25, 0.3) is 5.91 Å². The summed E-state index contributed by atoms with van der Waals surface area (Å²) in [6, 6.07) is 10.00. The lowest BCUT2D eigenvalue weighted by Gasteiger charge is -2.40. The number of hydrogen-bond donors (Lipinski definition) is 1. The van der Waals surface area contributed by atoms with Gasteiger partial charge < -0.3 is 0 Å². The van der Waals surface area contributed by atoms with E-state index in [0.29, 0.717) is 0 Å². The quantitative estimate of drug-likeness (QED) is 0.895. The minimum Gasteiger partial charge on any atom is -0.295 e. The maximum atomic E-state index is 12.4. The van der Waals surface area contributed by atoms with Crippen molar-refractivity contribution >= 4 is 23.4 Å². The van der Waals surface area contributed by atoms with Gasteiger partial charge in [-0.25, -0.2) is 5.01 Å². The minimum absolute atomic E-state index is 0.0232. The van der Waals surface area contributed by atoms with Crippen molar-refractivity contribution in [3.63, 3.8) is 0 Å². The molecule has 1 amide bonds. The van der Waals surface area contributed by atoms with E-state index in [9.17, 15) is 4.79 Å². The topological polar surface area (TPSA) is 32.3 Å². The molecule has 1 saturated heterocycles. The molecule has 1 aromatic carbocycles. The van der Waals surface area contributed by atoms with E-state index in [1.165, 1.54) is 19.3 Å². The largest absolute Gasteiger partial charge is 0.295 e. The van der Waals surface area contributed by atoms with Gasteiger partial charge >= 0.3 is 0 Å². The number of hydrazine groups is 1. The summed E-state index contributed by atoms with van der Waals surface area (Å²) in [7, 11) is 0. The summed E-state index contributed by atoms with van der Waals surface area (Å²) in [6.45, 7) is 2.02. The van der Waals surface area contributed by atoms with E-state index in [2.05, 4.69) is 5.43 Å².